The Morgan fingerprint density at radius 2 is 1.86 bits per heavy atom. The van der Waals surface area contributed by atoms with Crippen LogP contribution in [0.15, 0.2) is 48.5 Å². The number of nitrogens with zero attached hydrogens (tertiary/aromatic N) is 1. The van der Waals surface area contributed by atoms with Gasteiger partial charge in [-0.15, -0.1) is 0 Å². The normalized spacial score (nSPS) is 26.2. The monoisotopic (exact) mass is 278 g/mol. The minimum atomic E-state index is -0.265. The van der Waals surface area contributed by atoms with Gasteiger partial charge in [-0.3, -0.25) is 9.69 Å². The fourth-order valence-corrected chi connectivity index (χ4v) is 4.20. The van der Waals surface area contributed by atoms with E-state index in [1.54, 1.807) is 0 Å². The van der Waals surface area contributed by atoms with Gasteiger partial charge in [0.25, 0.3) is 0 Å². The second-order valence-corrected chi connectivity index (χ2v) is 6.13. The van der Waals surface area contributed by atoms with Crippen molar-refractivity contribution >= 4 is 5.91 Å². The predicted octanol–water partition coefficient (Wildman–Crippen LogP) is 2.35. The first-order valence-corrected chi connectivity index (χ1v) is 7.35. The summed E-state index contributed by atoms with van der Waals surface area (Å²) in [7, 11) is 0. The molecule has 0 fully saturated rings. The third-order valence-electron chi connectivity index (χ3n) is 5.08. The van der Waals surface area contributed by atoms with Crippen LogP contribution in [0.1, 0.15) is 35.2 Å². The summed E-state index contributed by atoms with van der Waals surface area (Å²) in [5.74, 6) is -0.265. The van der Waals surface area contributed by atoms with Crippen LogP contribution in [-0.2, 0) is 16.8 Å². The molecule has 0 spiro atoms. The van der Waals surface area contributed by atoms with Crippen LogP contribution in [0.2, 0.25) is 0 Å². The summed E-state index contributed by atoms with van der Waals surface area (Å²) in [4.78, 5) is 13.8. The summed E-state index contributed by atoms with van der Waals surface area (Å²) < 4.78 is 0. The van der Waals surface area contributed by atoms with Crippen molar-refractivity contribution in [1.82, 2.24) is 4.90 Å². The van der Waals surface area contributed by atoms with Crippen LogP contribution in [0, 0.1) is 0 Å². The maximum absolute atomic E-state index is 11.6. The molecule has 106 valence electrons. The summed E-state index contributed by atoms with van der Waals surface area (Å²) in [6.45, 7) is 2.51. The Morgan fingerprint density at radius 3 is 2.62 bits per heavy atom. The van der Waals surface area contributed by atoms with Gasteiger partial charge in [-0.05, 0) is 35.6 Å². The molecule has 2 N–H and O–H groups in total. The molecule has 0 saturated heterocycles. The topological polar surface area (TPSA) is 46.3 Å². The Morgan fingerprint density at radius 1 is 1.19 bits per heavy atom. The van der Waals surface area contributed by atoms with Crippen LogP contribution in [0.4, 0.5) is 0 Å². The highest BCUT2D eigenvalue weighted by atomic mass is 16.1. The van der Waals surface area contributed by atoms with E-state index in [9.17, 15) is 4.79 Å². The number of hydrogen-bond donors (Lipinski definition) is 1. The van der Waals surface area contributed by atoms with E-state index in [-0.39, 0.29) is 17.5 Å². The summed E-state index contributed by atoms with van der Waals surface area (Å²) in [6.07, 6.45) is 0.941. The molecule has 0 radical (unpaired) electrons. The quantitative estimate of drug-likeness (QED) is 0.916. The van der Waals surface area contributed by atoms with Crippen molar-refractivity contribution in [2.45, 2.75) is 24.9 Å². The zero-order valence-electron chi connectivity index (χ0n) is 12.0. The van der Waals surface area contributed by atoms with Crippen molar-refractivity contribution in [3.63, 3.8) is 0 Å². The van der Waals surface area contributed by atoms with Crippen LogP contribution in [0.25, 0.3) is 0 Å². The summed E-state index contributed by atoms with van der Waals surface area (Å²) in [6, 6.07) is 17.3. The van der Waals surface area contributed by atoms with E-state index in [1.807, 2.05) is 0 Å². The first-order chi connectivity index (χ1) is 10.1. The molecule has 2 bridgehead atoms. The summed E-state index contributed by atoms with van der Waals surface area (Å²) >= 11 is 0. The van der Waals surface area contributed by atoms with E-state index in [1.165, 1.54) is 22.3 Å². The maximum atomic E-state index is 11.6. The third kappa shape index (κ3) is 1.55. The number of rotatable bonds is 2. The lowest BCUT2D eigenvalue weighted by atomic mass is 9.80. The molecule has 2 aromatic carbocycles. The Bertz CT molecular complexity index is 727. The van der Waals surface area contributed by atoms with E-state index >= 15 is 0 Å². The van der Waals surface area contributed by atoms with Gasteiger partial charge in [-0.25, -0.2) is 0 Å². The highest BCUT2D eigenvalue weighted by Crippen LogP contribution is 2.54. The molecule has 2 heterocycles. The van der Waals surface area contributed by atoms with E-state index in [0.717, 1.165) is 6.42 Å². The average molecular weight is 278 g/mol. The zero-order valence-corrected chi connectivity index (χ0v) is 12.0. The molecule has 21 heavy (non-hydrogen) atoms. The molecule has 1 amide bonds. The van der Waals surface area contributed by atoms with Crippen molar-refractivity contribution < 1.29 is 4.79 Å². The first-order valence-electron chi connectivity index (χ1n) is 7.35. The molecule has 4 rings (SSSR count). The molecular weight excluding hydrogens is 260 g/mol. The number of primary amides is 1. The Labute approximate surface area is 124 Å². The Balaban J connectivity index is 1.99. The van der Waals surface area contributed by atoms with Gasteiger partial charge in [0.1, 0.15) is 0 Å². The van der Waals surface area contributed by atoms with Gasteiger partial charge in [0.2, 0.25) is 5.91 Å². The molecule has 3 nitrogen and oxygen atoms in total. The van der Waals surface area contributed by atoms with Gasteiger partial charge < -0.3 is 5.73 Å². The van der Waals surface area contributed by atoms with Gasteiger partial charge in [-0.1, -0.05) is 48.5 Å². The number of amides is 1. The van der Waals surface area contributed by atoms with E-state index in [2.05, 4.69) is 60.4 Å². The fraction of sp³-hybridized carbons (Fsp3) is 0.278. The van der Waals surface area contributed by atoms with Crippen molar-refractivity contribution in [2.75, 3.05) is 6.54 Å². The molecule has 3 heteroatoms. The average Bonchev–Trinajstić information content (AvgIpc) is 2.64. The van der Waals surface area contributed by atoms with E-state index in [4.69, 9.17) is 5.73 Å². The second-order valence-electron chi connectivity index (χ2n) is 6.13. The van der Waals surface area contributed by atoms with Crippen LogP contribution in [0.5, 0.6) is 0 Å². The van der Waals surface area contributed by atoms with Gasteiger partial charge >= 0.3 is 0 Å². The molecule has 0 aromatic heterocycles. The van der Waals surface area contributed by atoms with Crippen LogP contribution in [-0.4, -0.2) is 17.4 Å². The molecule has 0 aliphatic carbocycles. The molecule has 2 aromatic rings. The van der Waals surface area contributed by atoms with Gasteiger partial charge in [0, 0.05) is 6.04 Å². The molecule has 0 saturated carbocycles. The van der Waals surface area contributed by atoms with Crippen LogP contribution in [0.3, 0.4) is 0 Å². The summed E-state index contributed by atoms with van der Waals surface area (Å²) in [5.41, 5.74) is 10.6. The van der Waals surface area contributed by atoms with Crippen LogP contribution >= 0.6 is 0 Å². The minimum absolute atomic E-state index is 0.244. The van der Waals surface area contributed by atoms with Gasteiger partial charge in [0.05, 0.1) is 12.1 Å². The lowest BCUT2D eigenvalue weighted by Crippen LogP contribution is -2.48. The Kier molecular flexibility index (Phi) is 2.51. The van der Waals surface area contributed by atoms with Crippen molar-refractivity contribution in [1.29, 1.82) is 0 Å². The highest BCUT2D eigenvalue weighted by molar-refractivity contribution is 5.77. The number of carbonyl (C=O) groups is 1. The van der Waals surface area contributed by atoms with Crippen LogP contribution < -0.4 is 5.73 Å². The maximum Gasteiger partial charge on any atom is 0.231 e. The Hall–Kier alpha value is -2.13. The lowest BCUT2D eigenvalue weighted by Gasteiger charge is -2.43. The third-order valence-corrected chi connectivity index (χ3v) is 5.08. The first kappa shape index (κ1) is 12.6. The molecular formula is C18H18N2O. The number of benzene rings is 2. The zero-order chi connectivity index (χ0) is 14.6. The summed E-state index contributed by atoms with van der Waals surface area (Å²) in [5, 5.41) is 0. The SMILES string of the molecule is C[C@]12c3ccccc3C[C@H](c3ccccc31)N2CC(N)=O. The molecule has 2 atom stereocenters. The molecule has 2 aliphatic heterocycles. The number of hydrogen-bond acceptors (Lipinski definition) is 2. The van der Waals surface area contributed by atoms with Crippen molar-refractivity contribution in [3.8, 4) is 0 Å². The van der Waals surface area contributed by atoms with Crippen molar-refractivity contribution in [3.05, 3.63) is 70.8 Å². The van der Waals surface area contributed by atoms with Gasteiger partial charge in [-0.2, -0.15) is 0 Å². The standard InChI is InChI=1S/C18H18N2O/c1-18-14-8-4-2-6-12(14)10-16(20(18)11-17(19)21)13-7-3-5-9-15(13)18/h2-9,16H,10-11H2,1H3,(H2,19,21)/t16-,18+/m1/s1. The van der Waals surface area contributed by atoms with Gasteiger partial charge in [0.15, 0.2) is 0 Å². The largest absolute Gasteiger partial charge is 0.369 e. The fourth-order valence-electron chi connectivity index (χ4n) is 4.20. The highest BCUT2D eigenvalue weighted by Gasteiger charge is 2.52. The molecule has 2 aliphatic rings. The number of carbonyl (C=O) groups excluding carboxylic acids is 1. The minimum Gasteiger partial charge on any atom is -0.369 e. The predicted molar refractivity (Wildman–Crippen MR) is 81.7 cm³/mol. The number of fused-ring (bicyclic) bond motifs is 7. The number of nitrogens with two attached hydrogens (primary N) is 1. The van der Waals surface area contributed by atoms with E-state index in [0.29, 0.717) is 6.54 Å². The van der Waals surface area contributed by atoms with E-state index < -0.39 is 0 Å². The molecule has 0 unspecified atom stereocenters. The van der Waals surface area contributed by atoms with Crippen molar-refractivity contribution in [2.24, 2.45) is 5.73 Å². The second kappa shape index (κ2) is 4.18. The smallest absolute Gasteiger partial charge is 0.231 e. The lowest BCUT2D eigenvalue weighted by molar-refractivity contribution is -0.121.